The lowest BCUT2D eigenvalue weighted by molar-refractivity contribution is -0.159. The number of esters is 2. The van der Waals surface area contributed by atoms with Crippen molar-refractivity contribution in [1.29, 1.82) is 0 Å². The highest BCUT2D eigenvalue weighted by Gasteiger charge is 2.28. The minimum absolute atomic E-state index is 0.144. The lowest BCUT2D eigenvalue weighted by Crippen LogP contribution is -2.34. The van der Waals surface area contributed by atoms with Crippen molar-refractivity contribution in [2.75, 3.05) is 19.8 Å². The van der Waals surface area contributed by atoms with Crippen LogP contribution in [0, 0.1) is 0 Å². The maximum atomic E-state index is 12.5. The number of carboxylic acid groups (broad SMARTS) is 1. The van der Waals surface area contributed by atoms with Crippen LogP contribution in [0.5, 0.6) is 0 Å². The van der Waals surface area contributed by atoms with Crippen molar-refractivity contribution in [3.63, 3.8) is 0 Å². The molecule has 0 rings (SSSR count). The van der Waals surface area contributed by atoms with Gasteiger partial charge in [0.1, 0.15) is 12.6 Å². The topological polar surface area (TPSA) is 172 Å². The molecule has 0 aromatic heterocycles. The summed E-state index contributed by atoms with van der Waals surface area (Å²) in [5.74, 6) is -2.64. The van der Waals surface area contributed by atoms with Gasteiger partial charge in [0.15, 0.2) is 6.10 Å². The van der Waals surface area contributed by atoms with Crippen molar-refractivity contribution < 1.29 is 47.5 Å². The van der Waals surface area contributed by atoms with E-state index in [1.807, 2.05) is 6.08 Å². The molecule has 0 heterocycles. The fourth-order valence-electron chi connectivity index (χ4n) is 4.86. The Morgan fingerprint density at radius 3 is 1.69 bits per heavy atom. The maximum absolute atomic E-state index is 12.5. The number of unbranched alkanes of at least 4 members (excludes halogenated alkanes) is 19. The highest BCUT2D eigenvalue weighted by atomic mass is 31.2. The van der Waals surface area contributed by atoms with Gasteiger partial charge >= 0.3 is 25.7 Å². The van der Waals surface area contributed by atoms with Crippen molar-refractivity contribution in [2.45, 2.75) is 167 Å². The van der Waals surface area contributed by atoms with Gasteiger partial charge in [-0.2, -0.15) is 0 Å². The van der Waals surface area contributed by atoms with Crippen LogP contribution >= 0.6 is 7.82 Å². The summed E-state index contributed by atoms with van der Waals surface area (Å²) in [7, 11) is -4.72. The Morgan fingerprint density at radius 1 is 0.688 bits per heavy atom. The van der Waals surface area contributed by atoms with Crippen LogP contribution in [0.25, 0.3) is 0 Å². The van der Waals surface area contributed by atoms with Gasteiger partial charge in [-0.1, -0.05) is 148 Å². The van der Waals surface area contributed by atoms with Crippen molar-refractivity contribution in [3.8, 4) is 0 Å². The minimum atomic E-state index is -4.72. The number of allylic oxidation sites excluding steroid dienone is 3. The van der Waals surface area contributed by atoms with Crippen LogP contribution < -0.4 is 5.73 Å². The Morgan fingerprint density at radius 2 is 1.17 bits per heavy atom. The molecule has 0 aromatic rings. The van der Waals surface area contributed by atoms with Gasteiger partial charge in [-0.15, -0.1) is 0 Å². The zero-order valence-electron chi connectivity index (χ0n) is 29.8. The fourth-order valence-corrected chi connectivity index (χ4v) is 5.64. The molecule has 3 atom stereocenters. The number of hydrogen-bond acceptors (Lipinski definition) is 9. The number of carboxylic acids is 1. The molecule has 0 aliphatic heterocycles. The van der Waals surface area contributed by atoms with Gasteiger partial charge in [-0.25, -0.2) is 9.36 Å². The van der Waals surface area contributed by atoms with E-state index in [1.54, 1.807) is 12.2 Å². The molecule has 48 heavy (non-hydrogen) atoms. The molecule has 4 N–H and O–H groups in total. The Labute approximate surface area is 290 Å². The van der Waals surface area contributed by atoms with E-state index < -0.39 is 57.7 Å². The molecular formula is C36H66NO10P. The summed E-state index contributed by atoms with van der Waals surface area (Å²) in [6, 6.07) is -1.53. The molecule has 280 valence electrons. The van der Waals surface area contributed by atoms with Gasteiger partial charge in [-0.05, 0) is 19.3 Å². The first-order valence-corrected chi connectivity index (χ1v) is 19.9. The lowest BCUT2D eigenvalue weighted by Gasteiger charge is -2.20. The summed E-state index contributed by atoms with van der Waals surface area (Å²) < 4.78 is 32.3. The molecular weight excluding hydrogens is 637 g/mol. The Kier molecular flexibility index (Phi) is 30.8. The standard InChI is InChI=1S/C36H66NO10P/c1-3-5-7-9-11-13-14-15-16-17-18-20-21-23-25-27-34(38)44-29-32(30-45-48(42,43)46-31-33(37)36(40)41)47-35(39)28-26-24-22-19-12-10-8-6-4-2/h21,23,25,27,32-33H,3-20,22,24,26,28-31,37H2,1-2H3,(H,40,41)(H,42,43)/b23-21+,27-25+/t32-,33+/m0/s1. The van der Waals surface area contributed by atoms with E-state index in [0.29, 0.717) is 6.42 Å². The zero-order valence-corrected chi connectivity index (χ0v) is 30.7. The molecule has 0 saturated carbocycles. The second-order valence-electron chi connectivity index (χ2n) is 12.4. The lowest BCUT2D eigenvalue weighted by atomic mass is 10.1. The predicted molar refractivity (Wildman–Crippen MR) is 189 cm³/mol. The Hall–Kier alpha value is -2.04. The van der Waals surface area contributed by atoms with Crippen LogP contribution in [-0.2, 0) is 37.5 Å². The van der Waals surface area contributed by atoms with E-state index in [2.05, 4.69) is 18.4 Å². The third-order valence-corrected chi connectivity index (χ3v) is 8.76. The van der Waals surface area contributed by atoms with Gasteiger partial charge in [0.25, 0.3) is 0 Å². The molecule has 1 unspecified atom stereocenters. The number of phosphoric ester groups is 1. The highest BCUT2D eigenvalue weighted by Crippen LogP contribution is 2.43. The first-order chi connectivity index (χ1) is 23.1. The first-order valence-electron chi connectivity index (χ1n) is 18.4. The second-order valence-corrected chi connectivity index (χ2v) is 13.9. The number of rotatable bonds is 34. The Balaban J connectivity index is 4.53. The molecule has 0 aliphatic carbocycles. The summed E-state index contributed by atoms with van der Waals surface area (Å²) in [6.07, 6.45) is 30.4. The van der Waals surface area contributed by atoms with Gasteiger partial charge in [0.05, 0.1) is 13.2 Å². The summed E-state index contributed by atoms with van der Waals surface area (Å²) >= 11 is 0. The van der Waals surface area contributed by atoms with Crippen molar-refractivity contribution in [3.05, 3.63) is 24.3 Å². The summed E-state index contributed by atoms with van der Waals surface area (Å²) in [5, 5.41) is 8.83. The molecule has 0 radical (unpaired) electrons. The highest BCUT2D eigenvalue weighted by molar-refractivity contribution is 7.47. The SMILES string of the molecule is CCCCCCCCCCCCC/C=C/C=C/C(=O)OC[C@@H](COP(=O)(O)OC[C@@H](N)C(=O)O)OC(=O)CCCCCCCCCCC. The van der Waals surface area contributed by atoms with Crippen LogP contribution in [0.4, 0.5) is 0 Å². The van der Waals surface area contributed by atoms with Gasteiger partial charge in [-0.3, -0.25) is 18.6 Å². The van der Waals surface area contributed by atoms with E-state index >= 15 is 0 Å². The number of phosphoric acid groups is 1. The maximum Gasteiger partial charge on any atom is 0.472 e. The third kappa shape index (κ3) is 31.2. The molecule has 0 spiro atoms. The van der Waals surface area contributed by atoms with Crippen LogP contribution in [0.1, 0.15) is 155 Å². The Bertz CT molecular complexity index is 926. The van der Waals surface area contributed by atoms with E-state index in [4.69, 9.17) is 24.8 Å². The minimum Gasteiger partial charge on any atom is -0.480 e. The molecule has 0 aliphatic rings. The van der Waals surface area contributed by atoms with Gasteiger partial charge in [0.2, 0.25) is 0 Å². The molecule has 12 heteroatoms. The van der Waals surface area contributed by atoms with E-state index in [9.17, 15) is 23.8 Å². The van der Waals surface area contributed by atoms with Crippen LogP contribution in [-0.4, -0.2) is 59.9 Å². The summed E-state index contributed by atoms with van der Waals surface area (Å²) in [4.78, 5) is 45.4. The molecule has 0 fully saturated rings. The van der Waals surface area contributed by atoms with Crippen LogP contribution in [0.2, 0.25) is 0 Å². The average molecular weight is 704 g/mol. The monoisotopic (exact) mass is 703 g/mol. The smallest absolute Gasteiger partial charge is 0.472 e. The average Bonchev–Trinajstić information content (AvgIpc) is 3.05. The number of carbonyl (C=O) groups is 3. The zero-order chi connectivity index (χ0) is 35.7. The van der Waals surface area contributed by atoms with Crippen LogP contribution in [0.15, 0.2) is 24.3 Å². The molecule has 0 aromatic carbocycles. The number of hydrogen-bond donors (Lipinski definition) is 3. The normalized spacial score (nSPS) is 14.2. The number of nitrogens with two attached hydrogens (primary N) is 1. The van der Waals surface area contributed by atoms with Crippen molar-refractivity contribution >= 4 is 25.7 Å². The summed E-state index contributed by atoms with van der Waals surface area (Å²) in [5.41, 5.74) is 5.30. The number of carbonyl (C=O) groups excluding carboxylic acids is 2. The van der Waals surface area contributed by atoms with Crippen LogP contribution in [0.3, 0.4) is 0 Å². The van der Waals surface area contributed by atoms with Crippen molar-refractivity contribution in [2.24, 2.45) is 5.73 Å². The molecule has 0 bridgehead atoms. The fraction of sp³-hybridized carbons (Fsp3) is 0.806. The van der Waals surface area contributed by atoms with E-state index in [1.165, 1.54) is 102 Å². The quantitative estimate of drug-likeness (QED) is 0.0192. The molecule has 0 amide bonds. The molecule has 11 nitrogen and oxygen atoms in total. The summed E-state index contributed by atoms with van der Waals surface area (Å²) in [6.45, 7) is 2.63. The van der Waals surface area contributed by atoms with Gasteiger partial charge in [0, 0.05) is 12.5 Å². The number of aliphatic carboxylic acids is 1. The predicted octanol–water partition coefficient (Wildman–Crippen LogP) is 8.72. The molecule has 0 saturated heterocycles. The third-order valence-electron chi connectivity index (χ3n) is 7.81. The van der Waals surface area contributed by atoms with Gasteiger partial charge < -0.3 is 25.2 Å². The van der Waals surface area contributed by atoms with E-state index in [-0.39, 0.29) is 6.42 Å². The first kappa shape index (κ1) is 46.0. The van der Waals surface area contributed by atoms with Crippen molar-refractivity contribution in [1.82, 2.24) is 0 Å². The largest absolute Gasteiger partial charge is 0.480 e. The second kappa shape index (κ2) is 32.2. The van der Waals surface area contributed by atoms with E-state index in [0.717, 1.165) is 32.1 Å². The number of ether oxygens (including phenoxy) is 2.